The van der Waals surface area contributed by atoms with Crippen LogP contribution < -0.4 is 5.43 Å². The van der Waals surface area contributed by atoms with Gasteiger partial charge in [0.05, 0.1) is 18.4 Å². The van der Waals surface area contributed by atoms with Gasteiger partial charge in [0.25, 0.3) is 0 Å². The van der Waals surface area contributed by atoms with Gasteiger partial charge in [-0.15, -0.1) is 0 Å². The van der Waals surface area contributed by atoms with Crippen LogP contribution in [-0.2, 0) is 6.54 Å². The van der Waals surface area contributed by atoms with E-state index in [0.717, 1.165) is 40.5 Å². The van der Waals surface area contributed by atoms with Crippen molar-refractivity contribution >= 4 is 18.1 Å². The van der Waals surface area contributed by atoms with E-state index in [1.54, 1.807) is 6.21 Å². The van der Waals surface area contributed by atoms with Crippen molar-refractivity contribution in [3.05, 3.63) is 125 Å². The molecule has 0 saturated carbocycles. The van der Waals surface area contributed by atoms with Gasteiger partial charge in [0.15, 0.2) is 5.82 Å². The fourth-order valence-electron chi connectivity index (χ4n) is 3.18. The van der Waals surface area contributed by atoms with E-state index < -0.39 is 23.3 Å². The Morgan fingerprint density at radius 2 is 1.18 bits per heavy atom. The van der Waals surface area contributed by atoms with Crippen molar-refractivity contribution in [2.75, 3.05) is 5.43 Å². The first kappa shape index (κ1) is 22.9. The molecule has 0 fully saturated rings. The molecule has 0 saturated heterocycles. The molecule has 0 aliphatic rings. The van der Waals surface area contributed by atoms with Gasteiger partial charge >= 0.3 is 0 Å². The number of hydrazone groups is 1. The second kappa shape index (κ2) is 10.6. The van der Waals surface area contributed by atoms with E-state index in [1.165, 1.54) is 24.4 Å². The van der Waals surface area contributed by atoms with Gasteiger partial charge in [0.1, 0.15) is 17.5 Å². The van der Waals surface area contributed by atoms with Crippen molar-refractivity contribution in [1.29, 1.82) is 0 Å². The van der Waals surface area contributed by atoms with Crippen LogP contribution >= 0.6 is 0 Å². The highest BCUT2D eigenvalue weighted by Gasteiger charge is 2.03. The van der Waals surface area contributed by atoms with Gasteiger partial charge in [-0.1, -0.05) is 54.6 Å². The Kier molecular flexibility index (Phi) is 7.13. The normalized spacial score (nSPS) is 11.4. The first-order valence-electron chi connectivity index (χ1n) is 10.4. The number of rotatable bonds is 7. The summed E-state index contributed by atoms with van der Waals surface area (Å²) in [6.07, 6.45) is 3.18. The molecule has 4 aromatic carbocycles. The molecule has 7 heteroatoms. The molecule has 0 aliphatic heterocycles. The Morgan fingerprint density at radius 3 is 1.76 bits per heavy atom. The Bertz CT molecular complexity index is 1230. The number of nitrogens with zero attached hydrogens (tertiary/aromatic N) is 2. The Balaban J connectivity index is 1.35. The number of nitrogens with one attached hydrogen (secondary N) is 1. The van der Waals surface area contributed by atoms with Gasteiger partial charge in [0.2, 0.25) is 0 Å². The first-order chi connectivity index (χ1) is 16.5. The molecular formula is C27H19F4N3. The summed E-state index contributed by atoms with van der Waals surface area (Å²) in [6, 6.07) is 21.9. The molecule has 0 radical (unpaired) electrons. The number of benzene rings is 4. The summed E-state index contributed by atoms with van der Waals surface area (Å²) in [7, 11) is 0. The molecule has 4 aromatic rings. The Labute approximate surface area is 194 Å². The predicted molar refractivity (Wildman–Crippen MR) is 127 cm³/mol. The van der Waals surface area contributed by atoms with Gasteiger partial charge in [0, 0.05) is 23.9 Å². The van der Waals surface area contributed by atoms with Crippen LogP contribution in [0.1, 0.15) is 16.7 Å². The van der Waals surface area contributed by atoms with E-state index in [9.17, 15) is 17.6 Å². The smallest absolute Gasteiger partial charge is 0.151 e. The highest BCUT2D eigenvalue weighted by molar-refractivity contribution is 5.83. The van der Waals surface area contributed by atoms with Crippen LogP contribution in [0.2, 0.25) is 0 Å². The van der Waals surface area contributed by atoms with Gasteiger partial charge in [-0.05, 0) is 40.5 Å². The van der Waals surface area contributed by atoms with Crippen LogP contribution in [0, 0.1) is 23.3 Å². The lowest BCUT2D eigenvalue weighted by Crippen LogP contribution is -1.94. The zero-order valence-electron chi connectivity index (χ0n) is 17.9. The quantitative estimate of drug-likeness (QED) is 0.180. The third-order valence-corrected chi connectivity index (χ3v) is 5.00. The van der Waals surface area contributed by atoms with Crippen LogP contribution in [0.15, 0.2) is 95.0 Å². The maximum Gasteiger partial charge on any atom is 0.151 e. The predicted octanol–water partition coefficient (Wildman–Crippen LogP) is 6.98. The fraction of sp³-hybridized carbons (Fsp3) is 0.0370. The van der Waals surface area contributed by atoms with E-state index in [4.69, 9.17) is 0 Å². The molecular weight excluding hydrogens is 442 g/mol. The van der Waals surface area contributed by atoms with E-state index in [2.05, 4.69) is 15.5 Å². The Hall–Kier alpha value is -4.26. The molecule has 0 amide bonds. The molecule has 4 rings (SSSR count). The lowest BCUT2D eigenvalue weighted by atomic mass is 10.0. The second-order valence-electron chi connectivity index (χ2n) is 7.44. The molecule has 0 aromatic heterocycles. The molecule has 0 aliphatic carbocycles. The molecule has 1 N–H and O–H groups in total. The minimum absolute atomic E-state index is 0.0840. The SMILES string of the molecule is Fc1ccc(CN=Cc2ccc(-c3ccc(/C=N/Nc4ccc(F)cc4F)cc3)cc2)c(F)c1. The summed E-state index contributed by atoms with van der Waals surface area (Å²) in [4.78, 5) is 4.23. The molecule has 0 unspecified atom stereocenters. The zero-order valence-corrected chi connectivity index (χ0v) is 17.9. The number of hydrogen-bond donors (Lipinski definition) is 1. The van der Waals surface area contributed by atoms with Crippen molar-refractivity contribution in [3.63, 3.8) is 0 Å². The monoisotopic (exact) mass is 461 g/mol. The second-order valence-corrected chi connectivity index (χ2v) is 7.44. The summed E-state index contributed by atoms with van der Waals surface area (Å²) in [5, 5.41) is 3.98. The summed E-state index contributed by atoms with van der Waals surface area (Å²) >= 11 is 0. The number of aliphatic imine (C=N–C) groups is 1. The van der Waals surface area contributed by atoms with Crippen molar-refractivity contribution in [2.45, 2.75) is 6.54 Å². The minimum atomic E-state index is -0.719. The number of halogens is 4. The van der Waals surface area contributed by atoms with E-state index in [1.807, 2.05) is 48.5 Å². The van der Waals surface area contributed by atoms with Gasteiger partial charge < -0.3 is 0 Å². The zero-order chi connectivity index (χ0) is 23.9. The van der Waals surface area contributed by atoms with Crippen LogP contribution in [0.25, 0.3) is 11.1 Å². The first-order valence-corrected chi connectivity index (χ1v) is 10.4. The van der Waals surface area contributed by atoms with Crippen molar-refractivity contribution < 1.29 is 17.6 Å². The summed E-state index contributed by atoms with van der Waals surface area (Å²) in [5.41, 5.74) is 6.61. The van der Waals surface area contributed by atoms with Crippen molar-refractivity contribution in [1.82, 2.24) is 0 Å². The molecule has 0 atom stereocenters. The lowest BCUT2D eigenvalue weighted by Gasteiger charge is -2.04. The highest BCUT2D eigenvalue weighted by atomic mass is 19.1. The van der Waals surface area contributed by atoms with Crippen molar-refractivity contribution in [3.8, 4) is 11.1 Å². The molecule has 0 bridgehead atoms. The molecule has 0 spiro atoms. The minimum Gasteiger partial charge on any atom is -0.288 e. The number of hydrogen-bond acceptors (Lipinski definition) is 3. The molecule has 34 heavy (non-hydrogen) atoms. The van der Waals surface area contributed by atoms with Crippen molar-refractivity contribution in [2.24, 2.45) is 10.1 Å². The van der Waals surface area contributed by atoms with Gasteiger partial charge in [-0.2, -0.15) is 5.10 Å². The Morgan fingerprint density at radius 1 is 0.618 bits per heavy atom. The summed E-state index contributed by atoms with van der Waals surface area (Å²) in [5.74, 6) is -2.59. The standard InChI is InChI=1S/C27H19F4N3/c28-23-10-9-22(25(30)13-23)17-32-15-18-1-5-20(6-2-18)21-7-3-19(4-8-21)16-33-34-27-12-11-24(29)14-26(27)31/h1-16,34H,17H2/b32-15?,33-16+. The third kappa shape index (κ3) is 5.95. The van der Waals surface area contributed by atoms with Gasteiger partial charge in [-0.25, -0.2) is 17.6 Å². The maximum absolute atomic E-state index is 13.7. The molecule has 3 nitrogen and oxygen atoms in total. The van der Waals surface area contributed by atoms with Gasteiger partial charge in [-0.3, -0.25) is 10.4 Å². The summed E-state index contributed by atoms with van der Waals surface area (Å²) < 4.78 is 53.2. The highest BCUT2D eigenvalue weighted by Crippen LogP contribution is 2.20. The van der Waals surface area contributed by atoms with Crippen LogP contribution in [-0.4, -0.2) is 12.4 Å². The largest absolute Gasteiger partial charge is 0.288 e. The fourth-order valence-corrected chi connectivity index (χ4v) is 3.18. The summed E-state index contributed by atoms with van der Waals surface area (Å²) in [6.45, 7) is 0.125. The van der Waals surface area contributed by atoms with E-state index >= 15 is 0 Å². The maximum atomic E-state index is 13.7. The van der Waals surface area contributed by atoms with Crippen LogP contribution in [0.3, 0.4) is 0 Å². The topological polar surface area (TPSA) is 36.8 Å². The van der Waals surface area contributed by atoms with E-state index in [0.29, 0.717) is 5.56 Å². The average Bonchev–Trinajstić information content (AvgIpc) is 2.83. The average molecular weight is 461 g/mol. The van der Waals surface area contributed by atoms with Crippen LogP contribution in [0.4, 0.5) is 23.2 Å². The van der Waals surface area contributed by atoms with Crippen LogP contribution in [0.5, 0.6) is 0 Å². The molecule has 0 heterocycles. The lowest BCUT2D eigenvalue weighted by molar-refractivity contribution is 0.573. The third-order valence-electron chi connectivity index (χ3n) is 5.00. The molecule has 170 valence electrons. The number of anilines is 1. The van der Waals surface area contributed by atoms with E-state index in [-0.39, 0.29) is 12.2 Å².